The van der Waals surface area contributed by atoms with E-state index in [1.54, 1.807) is 15.9 Å². The van der Waals surface area contributed by atoms with Crippen molar-refractivity contribution in [3.8, 4) is 11.4 Å². The fourth-order valence-electron chi connectivity index (χ4n) is 5.05. The van der Waals surface area contributed by atoms with Gasteiger partial charge in [0, 0.05) is 10.4 Å². The van der Waals surface area contributed by atoms with Crippen LogP contribution in [-0.4, -0.2) is 37.7 Å². The molecule has 6 rings (SSSR count). The van der Waals surface area contributed by atoms with Gasteiger partial charge in [0.25, 0.3) is 5.56 Å². The van der Waals surface area contributed by atoms with E-state index in [4.69, 9.17) is 9.51 Å². The van der Waals surface area contributed by atoms with Gasteiger partial charge < -0.3 is 4.52 Å². The van der Waals surface area contributed by atoms with E-state index in [0.29, 0.717) is 24.2 Å². The predicted molar refractivity (Wildman–Crippen MR) is 128 cm³/mol. The van der Waals surface area contributed by atoms with Gasteiger partial charge in [0.2, 0.25) is 11.7 Å². The molecule has 1 saturated heterocycles. The van der Waals surface area contributed by atoms with Gasteiger partial charge in [-0.2, -0.15) is 4.98 Å². The number of thiophene rings is 1. The molecule has 170 valence electrons. The van der Waals surface area contributed by atoms with Crippen LogP contribution in [0.15, 0.2) is 39.6 Å². The Morgan fingerprint density at radius 3 is 2.76 bits per heavy atom. The zero-order valence-corrected chi connectivity index (χ0v) is 19.6. The molecule has 0 amide bonds. The minimum atomic E-state index is 0.0284. The Morgan fingerprint density at radius 2 is 1.94 bits per heavy atom. The Kier molecular flexibility index (Phi) is 5.34. The van der Waals surface area contributed by atoms with Crippen LogP contribution in [0.1, 0.15) is 48.3 Å². The van der Waals surface area contributed by atoms with E-state index in [1.165, 1.54) is 23.3 Å². The van der Waals surface area contributed by atoms with Crippen LogP contribution in [0.5, 0.6) is 0 Å². The van der Waals surface area contributed by atoms with Crippen molar-refractivity contribution in [1.29, 1.82) is 0 Å². The van der Waals surface area contributed by atoms with Gasteiger partial charge in [-0.25, -0.2) is 4.98 Å². The summed E-state index contributed by atoms with van der Waals surface area (Å²) in [5, 5.41) is 4.95. The molecule has 2 aliphatic rings. The fourth-order valence-corrected chi connectivity index (χ4v) is 6.44. The van der Waals surface area contributed by atoms with E-state index < -0.39 is 0 Å². The number of hydrogen-bond acceptors (Lipinski definition) is 7. The number of benzene rings is 1. The van der Waals surface area contributed by atoms with Crippen molar-refractivity contribution in [3.05, 3.63) is 62.8 Å². The van der Waals surface area contributed by atoms with Crippen molar-refractivity contribution in [3.63, 3.8) is 0 Å². The molecule has 4 heterocycles. The maximum Gasteiger partial charge on any atom is 0.263 e. The molecular formula is C25H27N5O2S. The molecule has 33 heavy (non-hydrogen) atoms. The molecule has 0 spiro atoms. The summed E-state index contributed by atoms with van der Waals surface area (Å²) in [7, 11) is 0. The van der Waals surface area contributed by atoms with Crippen LogP contribution >= 0.6 is 11.3 Å². The van der Waals surface area contributed by atoms with Crippen molar-refractivity contribution in [2.24, 2.45) is 5.92 Å². The lowest BCUT2D eigenvalue weighted by Gasteiger charge is -2.19. The molecule has 1 aliphatic heterocycles. The lowest BCUT2D eigenvalue weighted by Crippen LogP contribution is -2.30. The fraction of sp³-hybridized carbons (Fsp3) is 0.440. The Hall–Kier alpha value is -2.84. The average Bonchev–Trinajstić information content (AvgIpc) is 3.57. The largest absolute Gasteiger partial charge is 0.337 e. The maximum atomic E-state index is 13.8. The van der Waals surface area contributed by atoms with Crippen LogP contribution in [0.25, 0.3) is 21.6 Å². The Labute approximate surface area is 196 Å². The summed E-state index contributed by atoms with van der Waals surface area (Å²) in [5.74, 6) is 2.42. The minimum absolute atomic E-state index is 0.0284. The van der Waals surface area contributed by atoms with Crippen LogP contribution in [0.3, 0.4) is 0 Å². The number of aryl methyl sites for hydroxylation is 1. The third-order valence-electron chi connectivity index (χ3n) is 6.85. The summed E-state index contributed by atoms with van der Waals surface area (Å²) in [6.07, 6.45) is 5.51. The van der Waals surface area contributed by atoms with E-state index in [-0.39, 0.29) is 12.1 Å². The highest BCUT2D eigenvalue weighted by Gasteiger charge is 2.26. The highest BCUT2D eigenvalue weighted by atomic mass is 32.1. The standard InChI is InChI=1S/C25H27N5O2S/c1-16-9-10-18-19(13-16)33-24-22(18)25(31)30(20(26-24)14-29-11-5-6-12-29)15-21-27-23(28-32-21)17-7-3-2-4-8-17/h2-4,7-8,16H,5-6,9-15H2,1H3/t16-/m1/s1. The van der Waals surface area contributed by atoms with Gasteiger partial charge >= 0.3 is 0 Å². The van der Waals surface area contributed by atoms with Crippen molar-refractivity contribution >= 4 is 21.6 Å². The number of rotatable bonds is 5. The van der Waals surface area contributed by atoms with Gasteiger partial charge in [0.15, 0.2) is 0 Å². The van der Waals surface area contributed by atoms with Crippen LogP contribution in [0.2, 0.25) is 0 Å². The van der Waals surface area contributed by atoms with E-state index >= 15 is 0 Å². The summed E-state index contributed by atoms with van der Waals surface area (Å²) < 4.78 is 7.34. The normalized spacial score (nSPS) is 18.8. The third kappa shape index (κ3) is 3.91. The van der Waals surface area contributed by atoms with Crippen molar-refractivity contribution in [1.82, 2.24) is 24.6 Å². The Morgan fingerprint density at radius 1 is 1.12 bits per heavy atom. The van der Waals surface area contributed by atoms with Gasteiger partial charge in [0.1, 0.15) is 17.2 Å². The zero-order valence-electron chi connectivity index (χ0n) is 18.8. The van der Waals surface area contributed by atoms with Gasteiger partial charge in [-0.15, -0.1) is 11.3 Å². The summed E-state index contributed by atoms with van der Waals surface area (Å²) in [6.45, 7) is 5.30. The van der Waals surface area contributed by atoms with E-state index in [9.17, 15) is 4.79 Å². The molecule has 3 aromatic heterocycles. The number of aromatic nitrogens is 4. The first-order valence-electron chi connectivity index (χ1n) is 11.8. The smallest absolute Gasteiger partial charge is 0.263 e. The molecule has 0 unspecified atom stereocenters. The SMILES string of the molecule is C[C@@H]1CCc2c(sc3nc(CN4CCCC4)n(Cc4nc(-c5ccccc5)no4)c(=O)c23)C1. The van der Waals surface area contributed by atoms with Crippen LogP contribution in [0, 0.1) is 5.92 Å². The predicted octanol–water partition coefficient (Wildman–Crippen LogP) is 4.28. The monoisotopic (exact) mass is 461 g/mol. The van der Waals surface area contributed by atoms with Crippen LogP contribution in [-0.2, 0) is 25.9 Å². The topological polar surface area (TPSA) is 77.1 Å². The quantitative estimate of drug-likeness (QED) is 0.442. The summed E-state index contributed by atoms with van der Waals surface area (Å²) in [4.78, 5) is 28.1. The molecule has 1 fully saturated rings. The second-order valence-corrected chi connectivity index (χ2v) is 10.4. The highest BCUT2D eigenvalue weighted by molar-refractivity contribution is 7.18. The Balaban J connectivity index is 1.43. The molecule has 1 atom stereocenters. The number of likely N-dealkylation sites (tertiary alicyclic amines) is 1. The third-order valence-corrected chi connectivity index (χ3v) is 8.00. The van der Waals surface area contributed by atoms with E-state index in [1.807, 2.05) is 30.3 Å². The first-order valence-corrected chi connectivity index (χ1v) is 12.6. The molecule has 0 N–H and O–H groups in total. The van der Waals surface area contributed by atoms with E-state index in [0.717, 1.165) is 54.0 Å². The molecule has 7 nitrogen and oxygen atoms in total. The number of nitrogens with zero attached hydrogens (tertiary/aromatic N) is 5. The van der Waals surface area contributed by atoms with Crippen molar-refractivity contribution < 1.29 is 4.52 Å². The number of hydrogen-bond donors (Lipinski definition) is 0. The van der Waals surface area contributed by atoms with E-state index in [2.05, 4.69) is 22.0 Å². The Bertz CT molecular complexity index is 1350. The summed E-state index contributed by atoms with van der Waals surface area (Å²) >= 11 is 1.71. The maximum absolute atomic E-state index is 13.8. The number of fused-ring (bicyclic) bond motifs is 3. The molecule has 0 saturated carbocycles. The lowest BCUT2D eigenvalue weighted by molar-refractivity contribution is 0.310. The van der Waals surface area contributed by atoms with Crippen molar-refractivity contribution in [2.75, 3.05) is 13.1 Å². The summed E-state index contributed by atoms with van der Waals surface area (Å²) in [6, 6.07) is 9.75. The second-order valence-electron chi connectivity index (χ2n) is 9.31. The first kappa shape index (κ1) is 20.7. The van der Waals surface area contributed by atoms with Gasteiger partial charge in [-0.05, 0) is 56.7 Å². The molecule has 1 aromatic carbocycles. The first-order chi connectivity index (χ1) is 16.2. The lowest BCUT2D eigenvalue weighted by atomic mass is 9.89. The van der Waals surface area contributed by atoms with Gasteiger partial charge in [0.05, 0.1) is 11.9 Å². The van der Waals surface area contributed by atoms with Crippen molar-refractivity contribution in [2.45, 2.75) is 52.1 Å². The van der Waals surface area contributed by atoms with Gasteiger partial charge in [-0.1, -0.05) is 42.4 Å². The molecule has 8 heteroatoms. The summed E-state index contributed by atoms with van der Waals surface area (Å²) in [5.41, 5.74) is 2.13. The molecule has 4 aromatic rings. The molecular weight excluding hydrogens is 434 g/mol. The second kappa shape index (κ2) is 8.50. The minimum Gasteiger partial charge on any atom is -0.337 e. The average molecular weight is 462 g/mol. The molecule has 1 aliphatic carbocycles. The van der Waals surface area contributed by atoms with Gasteiger partial charge in [-0.3, -0.25) is 14.3 Å². The zero-order chi connectivity index (χ0) is 22.4. The van der Waals surface area contributed by atoms with Crippen LogP contribution in [0.4, 0.5) is 0 Å². The van der Waals surface area contributed by atoms with Crippen LogP contribution < -0.4 is 5.56 Å². The highest BCUT2D eigenvalue weighted by Crippen LogP contribution is 2.36. The molecule has 0 bridgehead atoms. The molecule has 0 radical (unpaired) electrons.